The molecule has 0 amide bonds. The number of ether oxygens (including phenoxy) is 1. The number of nitrogens with zero attached hydrogens (tertiary/aromatic N) is 2. The zero-order chi connectivity index (χ0) is 13.1. The Bertz CT molecular complexity index is 540. The smallest absolute Gasteiger partial charge is 0.264 e. The molecular weight excluding hydrogens is 239 g/mol. The Morgan fingerprint density at radius 3 is 2.89 bits per heavy atom. The van der Waals surface area contributed by atoms with Crippen LogP contribution in [0.15, 0.2) is 22.7 Å². The maximum atomic E-state index is 13.1. The maximum absolute atomic E-state index is 13.1. The fourth-order valence-corrected chi connectivity index (χ4v) is 1.52. The van der Waals surface area contributed by atoms with E-state index in [9.17, 15) is 9.50 Å². The lowest BCUT2D eigenvalue weighted by molar-refractivity contribution is 0.185. The lowest BCUT2D eigenvalue weighted by Gasteiger charge is -2.12. The van der Waals surface area contributed by atoms with Gasteiger partial charge in [-0.05, 0) is 26.0 Å². The third-order valence-electron chi connectivity index (χ3n) is 2.35. The number of benzene rings is 1. The van der Waals surface area contributed by atoms with Gasteiger partial charge in [0.2, 0.25) is 0 Å². The van der Waals surface area contributed by atoms with Crippen molar-refractivity contribution in [1.82, 2.24) is 10.1 Å². The summed E-state index contributed by atoms with van der Waals surface area (Å²) in [5.41, 5.74) is 0.507. The minimum absolute atomic E-state index is 0.0318. The monoisotopic (exact) mass is 252 g/mol. The molecule has 96 valence electrons. The average molecular weight is 252 g/mol. The fraction of sp³-hybridized carbons (Fsp3) is 0.333. The molecule has 0 aliphatic heterocycles. The topological polar surface area (TPSA) is 68.4 Å². The van der Waals surface area contributed by atoms with Gasteiger partial charge in [-0.1, -0.05) is 5.16 Å². The molecule has 0 spiro atoms. The fourth-order valence-electron chi connectivity index (χ4n) is 1.52. The Kier molecular flexibility index (Phi) is 3.57. The lowest BCUT2D eigenvalue weighted by atomic mass is 10.1. The van der Waals surface area contributed by atoms with Gasteiger partial charge in [-0.25, -0.2) is 4.39 Å². The summed E-state index contributed by atoms with van der Waals surface area (Å²) in [7, 11) is 0. The second-order valence-corrected chi connectivity index (χ2v) is 3.88. The first-order valence-corrected chi connectivity index (χ1v) is 5.46. The molecule has 6 heteroatoms. The molecule has 0 radical (unpaired) electrons. The van der Waals surface area contributed by atoms with E-state index in [2.05, 4.69) is 10.1 Å². The highest BCUT2D eigenvalue weighted by Gasteiger charge is 2.12. The maximum Gasteiger partial charge on any atom is 0.264 e. The summed E-state index contributed by atoms with van der Waals surface area (Å²) in [6, 6.07) is 3.96. The van der Waals surface area contributed by atoms with E-state index in [1.807, 2.05) is 0 Å². The predicted molar refractivity (Wildman–Crippen MR) is 60.4 cm³/mol. The van der Waals surface area contributed by atoms with Crippen LogP contribution in [0.5, 0.6) is 5.75 Å². The molecule has 0 fully saturated rings. The van der Waals surface area contributed by atoms with Crippen molar-refractivity contribution in [2.75, 3.05) is 0 Å². The van der Waals surface area contributed by atoms with Gasteiger partial charge in [0, 0.05) is 11.6 Å². The molecular formula is C12H13FN2O3. The van der Waals surface area contributed by atoms with Crippen LogP contribution in [0.25, 0.3) is 0 Å². The van der Waals surface area contributed by atoms with Crippen molar-refractivity contribution >= 4 is 0 Å². The predicted octanol–water partition coefficient (Wildman–Crippen LogP) is 2.15. The number of aromatic nitrogens is 2. The number of halogens is 1. The van der Waals surface area contributed by atoms with Gasteiger partial charge in [-0.3, -0.25) is 0 Å². The lowest BCUT2D eigenvalue weighted by Crippen LogP contribution is -2.02. The minimum atomic E-state index is -0.745. The zero-order valence-electron chi connectivity index (χ0n) is 10.1. The summed E-state index contributed by atoms with van der Waals surface area (Å²) in [5, 5.41) is 13.2. The zero-order valence-corrected chi connectivity index (χ0v) is 10.1. The van der Waals surface area contributed by atoms with Crippen molar-refractivity contribution in [1.29, 1.82) is 0 Å². The third kappa shape index (κ3) is 2.84. The van der Waals surface area contributed by atoms with Crippen LogP contribution in [0.2, 0.25) is 0 Å². The number of hydrogen-bond acceptors (Lipinski definition) is 5. The first-order chi connectivity index (χ1) is 8.56. The number of aryl methyl sites for hydroxylation is 1. The van der Waals surface area contributed by atoms with E-state index < -0.39 is 11.9 Å². The van der Waals surface area contributed by atoms with Crippen molar-refractivity contribution in [3.05, 3.63) is 41.3 Å². The van der Waals surface area contributed by atoms with Crippen molar-refractivity contribution < 1.29 is 18.8 Å². The molecule has 2 aromatic rings. The highest BCUT2D eigenvalue weighted by molar-refractivity contribution is 5.35. The van der Waals surface area contributed by atoms with Crippen molar-refractivity contribution in [3.8, 4) is 5.75 Å². The van der Waals surface area contributed by atoms with Gasteiger partial charge in [0.1, 0.15) is 11.6 Å². The summed E-state index contributed by atoms with van der Waals surface area (Å²) in [4.78, 5) is 3.96. The van der Waals surface area contributed by atoms with Crippen LogP contribution < -0.4 is 4.74 Å². The molecule has 0 aliphatic rings. The quantitative estimate of drug-likeness (QED) is 0.902. The Labute approximate surface area is 103 Å². The molecule has 1 aromatic carbocycles. The van der Waals surface area contributed by atoms with Crippen molar-refractivity contribution in [3.63, 3.8) is 0 Å². The van der Waals surface area contributed by atoms with Gasteiger partial charge < -0.3 is 14.4 Å². The van der Waals surface area contributed by atoms with Crippen LogP contribution in [0.3, 0.4) is 0 Å². The first-order valence-electron chi connectivity index (χ1n) is 5.46. The van der Waals surface area contributed by atoms with Gasteiger partial charge in [0.25, 0.3) is 5.89 Å². The summed E-state index contributed by atoms with van der Waals surface area (Å²) in [5.74, 6) is 0.633. The number of rotatable bonds is 4. The second-order valence-electron chi connectivity index (χ2n) is 3.88. The summed E-state index contributed by atoms with van der Waals surface area (Å²) < 4.78 is 23.4. The molecule has 1 unspecified atom stereocenters. The van der Waals surface area contributed by atoms with Gasteiger partial charge in [-0.15, -0.1) is 0 Å². The van der Waals surface area contributed by atoms with Crippen LogP contribution in [0, 0.1) is 12.7 Å². The molecule has 2 rings (SSSR count). The molecule has 0 saturated heterocycles. The SMILES string of the molecule is Cc1noc(COc2cc(F)ccc2C(C)O)n1. The molecule has 18 heavy (non-hydrogen) atoms. The van der Waals surface area contributed by atoms with Crippen LogP contribution in [-0.2, 0) is 6.61 Å². The number of aliphatic hydroxyl groups is 1. The molecule has 5 nitrogen and oxygen atoms in total. The van der Waals surface area contributed by atoms with E-state index in [1.165, 1.54) is 18.2 Å². The van der Waals surface area contributed by atoms with E-state index in [1.54, 1.807) is 13.8 Å². The number of hydrogen-bond donors (Lipinski definition) is 1. The molecule has 0 aliphatic carbocycles. The van der Waals surface area contributed by atoms with Crippen LogP contribution >= 0.6 is 0 Å². The molecule has 0 saturated carbocycles. The molecule has 0 bridgehead atoms. The van der Waals surface area contributed by atoms with Gasteiger partial charge >= 0.3 is 0 Å². The minimum Gasteiger partial charge on any atom is -0.483 e. The highest BCUT2D eigenvalue weighted by atomic mass is 19.1. The summed E-state index contributed by atoms with van der Waals surface area (Å²) >= 11 is 0. The van der Waals surface area contributed by atoms with E-state index in [4.69, 9.17) is 9.26 Å². The average Bonchev–Trinajstić information content (AvgIpc) is 2.72. The Hall–Kier alpha value is -1.95. The Morgan fingerprint density at radius 2 is 2.28 bits per heavy atom. The standard InChI is InChI=1S/C12H13FN2O3/c1-7(16)10-4-3-9(13)5-11(10)17-6-12-14-8(2)15-18-12/h3-5,7,16H,6H2,1-2H3. The van der Waals surface area contributed by atoms with E-state index in [0.29, 0.717) is 17.3 Å². The van der Waals surface area contributed by atoms with E-state index in [-0.39, 0.29) is 12.4 Å². The van der Waals surface area contributed by atoms with E-state index >= 15 is 0 Å². The van der Waals surface area contributed by atoms with Crippen LogP contribution in [-0.4, -0.2) is 15.2 Å². The Morgan fingerprint density at radius 1 is 1.50 bits per heavy atom. The van der Waals surface area contributed by atoms with Gasteiger partial charge in [0.15, 0.2) is 12.4 Å². The second kappa shape index (κ2) is 5.14. The van der Waals surface area contributed by atoms with Gasteiger partial charge in [0.05, 0.1) is 6.10 Å². The van der Waals surface area contributed by atoms with Crippen molar-refractivity contribution in [2.24, 2.45) is 0 Å². The highest BCUT2D eigenvalue weighted by Crippen LogP contribution is 2.26. The summed E-state index contributed by atoms with van der Waals surface area (Å²) in [6.07, 6.45) is -0.745. The molecule has 1 heterocycles. The third-order valence-corrected chi connectivity index (χ3v) is 2.35. The van der Waals surface area contributed by atoms with Crippen molar-refractivity contribution in [2.45, 2.75) is 26.6 Å². The van der Waals surface area contributed by atoms with Crippen LogP contribution in [0.1, 0.15) is 30.3 Å². The molecule has 1 N–H and O–H groups in total. The molecule has 1 atom stereocenters. The Balaban J connectivity index is 2.15. The number of aliphatic hydroxyl groups excluding tert-OH is 1. The summed E-state index contributed by atoms with van der Waals surface area (Å²) in [6.45, 7) is 3.30. The van der Waals surface area contributed by atoms with E-state index in [0.717, 1.165) is 0 Å². The largest absolute Gasteiger partial charge is 0.483 e. The first kappa shape index (κ1) is 12.5. The van der Waals surface area contributed by atoms with Crippen LogP contribution in [0.4, 0.5) is 4.39 Å². The normalized spacial score (nSPS) is 12.4. The van der Waals surface area contributed by atoms with Gasteiger partial charge in [-0.2, -0.15) is 4.98 Å². The molecule has 1 aromatic heterocycles.